The third-order valence-electron chi connectivity index (χ3n) is 9.77. The van der Waals surface area contributed by atoms with Crippen LogP contribution < -0.4 is 16.0 Å². The fourth-order valence-electron chi connectivity index (χ4n) is 7.03. The second-order valence-corrected chi connectivity index (χ2v) is 13.2. The Balaban J connectivity index is 1.15. The number of pyridine rings is 1. The first kappa shape index (κ1) is 34.3. The number of anilines is 2. The topological polar surface area (TPSA) is 115 Å². The van der Waals surface area contributed by atoms with Gasteiger partial charge < -0.3 is 30.7 Å². The Morgan fingerprint density at radius 1 is 0.959 bits per heavy atom. The van der Waals surface area contributed by atoms with Crippen molar-refractivity contribution in [2.75, 3.05) is 49.9 Å². The van der Waals surface area contributed by atoms with Gasteiger partial charge >= 0.3 is 12.2 Å². The molecule has 1 aromatic heterocycles. The zero-order valence-corrected chi connectivity index (χ0v) is 27.7. The first-order valence-electron chi connectivity index (χ1n) is 16.5. The Bertz CT molecular complexity index is 1680. The van der Waals surface area contributed by atoms with Gasteiger partial charge in [-0.25, -0.2) is 4.79 Å². The molecule has 2 fully saturated rings. The second kappa shape index (κ2) is 14.5. The number of fused-ring (bicyclic) bond motifs is 1. The first-order valence-corrected chi connectivity index (χ1v) is 16.8. The molecule has 0 bridgehead atoms. The van der Waals surface area contributed by atoms with E-state index in [2.05, 4.69) is 15.2 Å². The summed E-state index contributed by atoms with van der Waals surface area (Å²) >= 11 is 6.13. The summed E-state index contributed by atoms with van der Waals surface area (Å²) in [6.45, 7) is 3.65. The van der Waals surface area contributed by atoms with Crippen LogP contribution in [0.1, 0.15) is 41.5 Å². The van der Waals surface area contributed by atoms with Crippen molar-refractivity contribution < 1.29 is 27.6 Å². The standard InChI is InChI=1S/C35H39ClF3N7O3/c36-30-19-23(18-29(32(30)40)35(37,38)39)17-26(33(48)45-15-13-43(14-16-45)27-5-9-41-10-6-27)20-31(47)44-11-7-28(8-12-44)46-22-25-4-2-1-3-24(25)21-42-34(46)49/h1-6,9-10,18-19,26,28H,7-8,11-17,20-22,40H2,(H,42,49)/t26-/m0/s1. The highest BCUT2D eigenvalue weighted by atomic mass is 35.5. The molecule has 49 heavy (non-hydrogen) atoms. The van der Waals surface area contributed by atoms with Gasteiger partial charge in [0, 0.05) is 82.9 Å². The molecule has 2 aromatic carbocycles. The third-order valence-corrected chi connectivity index (χ3v) is 10.1. The van der Waals surface area contributed by atoms with Crippen LogP contribution in [0.3, 0.4) is 0 Å². The van der Waals surface area contributed by atoms with Gasteiger partial charge in [-0.3, -0.25) is 14.6 Å². The van der Waals surface area contributed by atoms with Crippen LogP contribution in [0.25, 0.3) is 0 Å². The van der Waals surface area contributed by atoms with Crippen LogP contribution in [0, 0.1) is 5.92 Å². The van der Waals surface area contributed by atoms with Crippen LogP contribution >= 0.6 is 11.6 Å². The smallest absolute Gasteiger partial charge is 0.397 e. The lowest BCUT2D eigenvalue weighted by molar-refractivity contribution is -0.142. The maximum absolute atomic E-state index is 14.0. The predicted octanol–water partition coefficient (Wildman–Crippen LogP) is 4.95. The van der Waals surface area contributed by atoms with Crippen molar-refractivity contribution in [3.05, 3.63) is 88.2 Å². The second-order valence-electron chi connectivity index (χ2n) is 12.8. The molecular formula is C35H39ClF3N7O3. The molecule has 0 saturated carbocycles. The number of nitrogen functional groups attached to an aromatic ring is 1. The van der Waals surface area contributed by atoms with Crippen molar-refractivity contribution in [3.8, 4) is 0 Å². The number of urea groups is 1. The molecule has 10 nitrogen and oxygen atoms in total. The number of rotatable bonds is 7. The molecule has 3 N–H and O–H groups in total. The maximum atomic E-state index is 14.0. The first-order chi connectivity index (χ1) is 23.5. The zero-order chi connectivity index (χ0) is 34.7. The van der Waals surface area contributed by atoms with Gasteiger partial charge in [0.1, 0.15) is 0 Å². The van der Waals surface area contributed by atoms with E-state index < -0.39 is 23.3 Å². The molecule has 3 aliphatic heterocycles. The number of likely N-dealkylation sites (tertiary alicyclic amines) is 1. The summed E-state index contributed by atoms with van der Waals surface area (Å²) in [6.07, 6.45) is -0.479. The molecule has 0 unspecified atom stereocenters. The van der Waals surface area contributed by atoms with E-state index in [0.717, 1.165) is 22.9 Å². The van der Waals surface area contributed by atoms with Gasteiger partial charge in [-0.1, -0.05) is 35.9 Å². The van der Waals surface area contributed by atoms with Gasteiger partial charge in [0.25, 0.3) is 0 Å². The lowest BCUT2D eigenvalue weighted by Crippen LogP contribution is -2.52. The average molecular weight is 698 g/mol. The molecule has 4 heterocycles. The van der Waals surface area contributed by atoms with Crippen LogP contribution in [0.2, 0.25) is 5.02 Å². The number of halogens is 4. The number of nitrogens with zero attached hydrogens (tertiary/aromatic N) is 5. The number of aromatic nitrogens is 1. The Hall–Kier alpha value is -4.52. The van der Waals surface area contributed by atoms with Gasteiger partial charge in [-0.05, 0) is 60.2 Å². The summed E-state index contributed by atoms with van der Waals surface area (Å²) in [7, 11) is 0. The maximum Gasteiger partial charge on any atom is 0.418 e. The lowest BCUT2D eigenvalue weighted by Gasteiger charge is -2.39. The number of piperidine rings is 1. The van der Waals surface area contributed by atoms with Crippen molar-refractivity contribution in [2.45, 2.75) is 51.0 Å². The van der Waals surface area contributed by atoms with Gasteiger partial charge in [0.05, 0.1) is 22.2 Å². The van der Waals surface area contributed by atoms with Gasteiger partial charge in [0.15, 0.2) is 0 Å². The Morgan fingerprint density at radius 3 is 2.31 bits per heavy atom. The van der Waals surface area contributed by atoms with Crippen molar-refractivity contribution in [3.63, 3.8) is 0 Å². The molecule has 4 amide bonds. The number of piperazine rings is 1. The van der Waals surface area contributed by atoms with Crippen LogP contribution in [0.5, 0.6) is 0 Å². The molecular weight excluding hydrogens is 659 g/mol. The molecule has 0 spiro atoms. The highest BCUT2D eigenvalue weighted by molar-refractivity contribution is 6.33. The largest absolute Gasteiger partial charge is 0.418 e. The molecule has 1 atom stereocenters. The minimum Gasteiger partial charge on any atom is -0.397 e. The SMILES string of the molecule is Nc1c(Cl)cc(C[C@@H](CC(=O)N2CCC(N3Cc4ccccc4CNC3=O)CC2)C(=O)N2CCN(c3ccncc3)CC2)cc1C(F)(F)F. The summed E-state index contributed by atoms with van der Waals surface area (Å²) in [6, 6.07) is 13.8. The van der Waals surface area contributed by atoms with Crippen molar-refractivity contribution >= 4 is 40.8 Å². The molecule has 14 heteroatoms. The van der Waals surface area contributed by atoms with E-state index in [1.807, 2.05) is 41.3 Å². The molecule has 0 aliphatic carbocycles. The molecule has 2 saturated heterocycles. The highest BCUT2D eigenvalue weighted by Gasteiger charge is 2.37. The van der Waals surface area contributed by atoms with Crippen LogP contribution in [0.4, 0.5) is 29.3 Å². The van der Waals surface area contributed by atoms with Crippen LogP contribution in [-0.2, 0) is 35.3 Å². The molecule has 6 rings (SSSR count). The van der Waals surface area contributed by atoms with Gasteiger partial charge in [-0.2, -0.15) is 13.2 Å². The van der Waals surface area contributed by atoms with E-state index in [4.69, 9.17) is 17.3 Å². The van der Waals surface area contributed by atoms with E-state index in [1.165, 1.54) is 6.07 Å². The van der Waals surface area contributed by atoms with E-state index >= 15 is 0 Å². The molecule has 0 radical (unpaired) electrons. The number of nitrogens with two attached hydrogens (primary N) is 1. The highest BCUT2D eigenvalue weighted by Crippen LogP contribution is 2.38. The lowest BCUT2D eigenvalue weighted by atomic mass is 9.91. The molecule has 3 aromatic rings. The number of benzene rings is 2. The molecule has 260 valence electrons. The Kier molecular flexibility index (Phi) is 10.2. The van der Waals surface area contributed by atoms with E-state index in [0.29, 0.717) is 65.2 Å². The average Bonchev–Trinajstić information content (AvgIpc) is 3.27. The van der Waals surface area contributed by atoms with Crippen molar-refractivity contribution in [2.24, 2.45) is 5.92 Å². The quantitative estimate of drug-likeness (QED) is 0.338. The third kappa shape index (κ3) is 7.87. The Morgan fingerprint density at radius 2 is 1.63 bits per heavy atom. The molecule has 3 aliphatic rings. The van der Waals surface area contributed by atoms with Crippen molar-refractivity contribution in [1.29, 1.82) is 0 Å². The number of amides is 4. The summed E-state index contributed by atoms with van der Waals surface area (Å²) in [5.74, 6) is -1.46. The summed E-state index contributed by atoms with van der Waals surface area (Å²) in [4.78, 5) is 52.1. The minimum atomic E-state index is -4.74. The number of hydrogen-bond donors (Lipinski definition) is 2. The van der Waals surface area contributed by atoms with Gasteiger partial charge in [0.2, 0.25) is 11.8 Å². The van der Waals surface area contributed by atoms with E-state index in [9.17, 15) is 27.6 Å². The minimum absolute atomic E-state index is 0.0676. The van der Waals surface area contributed by atoms with E-state index in [1.54, 1.807) is 22.2 Å². The monoisotopic (exact) mass is 697 g/mol. The summed E-state index contributed by atoms with van der Waals surface area (Å²) in [5, 5.41) is 2.72. The Labute approximate surface area is 288 Å². The number of nitrogens with one attached hydrogen (secondary N) is 1. The number of hydrogen-bond acceptors (Lipinski definition) is 6. The summed E-state index contributed by atoms with van der Waals surface area (Å²) < 4.78 is 41.4. The zero-order valence-electron chi connectivity index (χ0n) is 27.0. The fraction of sp³-hybridized carbons (Fsp3) is 0.429. The number of alkyl halides is 3. The normalized spacial score (nSPS) is 18.1. The predicted molar refractivity (Wildman–Crippen MR) is 180 cm³/mol. The number of carbonyl (C=O) groups is 3. The summed E-state index contributed by atoms with van der Waals surface area (Å²) in [5.41, 5.74) is 7.34. The van der Waals surface area contributed by atoms with E-state index in [-0.39, 0.29) is 47.3 Å². The fourth-order valence-corrected chi connectivity index (χ4v) is 7.27. The van der Waals surface area contributed by atoms with Gasteiger partial charge in [-0.15, -0.1) is 0 Å². The van der Waals surface area contributed by atoms with Crippen LogP contribution in [0.15, 0.2) is 60.9 Å². The number of carbonyl (C=O) groups excluding carboxylic acids is 3. The van der Waals surface area contributed by atoms with Crippen LogP contribution in [-0.4, -0.2) is 82.8 Å². The van der Waals surface area contributed by atoms with Crippen molar-refractivity contribution in [1.82, 2.24) is 25.0 Å².